The maximum absolute atomic E-state index is 5.55. The topological polar surface area (TPSA) is 59.9 Å². The van der Waals surface area contributed by atoms with E-state index < -0.39 is 0 Å². The van der Waals surface area contributed by atoms with Crippen molar-refractivity contribution in [2.45, 2.75) is 13.3 Å². The van der Waals surface area contributed by atoms with E-state index >= 15 is 0 Å². The van der Waals surface area contributed by atoms with Crippen molar-refractivity contribution in [3.63, 3.8) is 0 Å². The zero-order valence-corrected chi connectivity index (χ0v) is 9.63. The Hall–Kier alpha value is -2.17. The molecule has 0 atom stereocenters. The zero-order valence-electron chi connectivity index (χ0n) is 9.63. The van der Waals surface area contributed by atoms with Crippen molar-refractivity contribution in [1.82, 2.24) is 15.0 Å². The first kappa shape index (κ1) is 11.3. The van der Waals surface area contributed by atoms with E-state index in [0.29, 0.717) is 11.6 Å². The summed E-state index contributed by atoms with van der Waals surface area (Å²) in [5.41, 5.74) is 0. The minimum Gasteiger partial charge on any atom is -0.437 e. The van der Waals surface area contributed by atoms with Crippen LogP contribution in [0.5, 0.6) is 11.6 Å². The number of pyridine rings is 1. The van der Waals surface area contributed by atoms with Crippen LogP contribution in [0.2, 0.25) is 0 Å². The number of rotatable bonds is 5. The molecule has 0 aliphatic heterocycles. The molecule has 0 bridgehead atoms. The molecule has 5 heteroatoms. The zero-order chi connectivity index (χ0) is 11.9. The predicted octanol–water partition coefficient (Wildman–Crippen LogP) is 2.49. The summed E-state index contributed by atoms with van der Waals surface area (Å²) >= 11 is 0. The largest absolute Gasteiger partial charge is 0.437 e. The standard InChI is InChI=1S/C12H14N4O/c1-2-5-14-11-7-12(16-9-15-11)17-10-4-3-6-13-8-10/h3-4,6-9H,2,5H2,1H3,(H,14,15,16). The van der Waals surface area contributed by atoms with Crippen molar-refractivity contribution in [3.8, 4) is 11.6 Å². The van der Waals surface area contributed by atoms with Crippen LogP contribution < -0.4 is 10.1 Å². The highest BCUT2D eigenvalue weighted by molar-refractivity contribution is 5.38. The van der Waals surface area contributed by atoms with Crippen LogP contribution in [0.25, 0.3) is 0 Å². The highest BCUT2D eigenvalue weighted by atomic mass is 16.5. The van der Waals surface area contributed by atoms with Crippen LogP contribution in [0.15, 0.2) is 36.9 Å². The maximum Gasteiger partial charge on any atom is 0.224 e. The molecule has 1 N–H and O–H groups in total. The van der Waals surface area contributed by atoms with E-state index in [-0.39, 0.29) is 0 Å². The van der Waals surface area contributed by atoms with Gasteiger partial charge in [0.15, 0.2) is 0 Å². The van der Waals surface area contributed by atoms with Crippen LogP contribution in [0, 0.1) is 0 Å². The Balaban J connectivity index is 2.06. The fourth-order valence-corrected chi connectivity index (χ4v) is 1.27. The van der Waals surface area contributed by atoms with Gasteiger partial charge in [-0.1, -0.05) is 6.92 Å². The number of aromatic nitrogens is 3. The van der Waals surface area contributed by atoms with Gasteiger partial charge in [0.05, 0.1) is 6.20 Å². The van der Waals surface area contributed by atoms with Crippen LogP contribution >= 0.6 is 0 Å². The summed E-state index contributed by atoms with van der Waals surface area (Å²) in [6.07, 6.45) is 5.86. The summed E-state index contributed by atoms with van der Waals surface area (Å²) < 4.78 is 5.55. The quantitative estimate of drug-likeness (QED) is 0.855. The lowest BCUT2D eigenvalue weighted by Gasteiger charge is -2.06. The lowest BCUT2D eigenvalue weighted by atomic mass is 10.4. The summed E-state index contributed by atoms with van der Waals surface area (Å²) in [6.45, 7) is 2.98. The van der Waals surface area contributed by atoms with Gasteiger partial charge in [-0.15, -0.1) is 0 Å². The van der Waals surface area contributed by atoms with Gasteiger partial charge in [-0.2, -0.15) is 0 Å². The highest BCUT2D eigenvalue weighted by Gasteiger charge is 2.00. The first-order valence-corrected chi connectivity index (χ1v) is 5.52. The monoisotopic (exact) mass is 230 g/mol. The van der Waals surface area contributed by atoms with E-state index in [0.717, 1.165) is 18.8 Å². The molecule has 0 spiro atoms. The molecule has 0 amide bonds. The van der Waals surface area contributed by atoms with Crippen LogP contribution in [0.3, 0.4) is 0 Å². The maximum atomic E-state index is 5.55. The van der Waals surface area contributed by atoms with Gasteiger partial charge in [0.1, 0.15) is 17.9 Å². The molecule has 2 heterocycles. The average molecular weight is 230 g/mol. The molecule has 0 radical (unpaired) electrons. The molecule has 0 aliphatic rings. The van der Waals surface area contributed by atoms with E-state index in [1.165, 1.54) is 6.33 Å². The van der Waals surface area contributed by atoms with Crippen LogP contribution in [0.1, 0.15) is 13.3 Å². The number of hydrogen-bond donors (Lipinski definition) is 1. The molecule has 0 fully saturated rings. The fourth-order valence-electron chi connectivity index (χ4n) is 1.27. The number of ether oxygens (including phenoxy) is 1. The van der Waals surface area contributed by atoms with Gasteiger partial charge in [0, 0.05) is 18.8 Å². The van der Waals surface area contributed by atoms with Crippen molar-refractivity contribution < 1.29 is 4.74 Å². The second-order valence-electron chi connectivity index (χ2n) is 3.46. The number of anilines is 1. The second-order valence-corrected chi connectivity index (χ2v) is 3.46. The van der Waals surface area contributed by atoms with Gasteiger partial charge >= 0.3 is 0 Å². The van der Waals surface area contributed by atoms with Gasteiger partial charge in [-0.25, -0.2) is 9.97 Å². The number of hydrogen-bond acceptors (Lipinski definition) is 5. The van der Waals surface area contributed by atoms with E-state index in [1.807, 2.05) is 12.1 Å². The van der Waals surface area contributed by atoms with Gasteiger partial charge < -0.3 is 10.1 Å². The fraction of sp³-hybridized carbons (Fsp3) is 0.250. The number of nitrogens with one attached hydrogen (secondary N) is 1. The lowest BCUT2D eigenvalue weighted by molar-refractivity contribution is 0.459. The summed E-state index contributed by atoms with van der Waals surface area (Å²) in [5, 5.41) is 3.17. The molecule has 0 aromatic carbocycles. The predicted molar refractivity (Wildman–Crippen MR) is 65.1 cm³/mol. The molecule has 5 nitrogen and oxygen atoms in total. The van der Waals surface area contributed by atoms with Crippen molar-refractivity contribution in [3.05, 3.63) is 36.9 Å². The molecule has 0 saturated carbocycles. The average Bonchev–Trinajstić information content (AvgIpc) is 2.38. The molecular weight excluding hydrogens is 216 g/mol. The van der Waals surface area contributed by atoms with E-state index in [1.54, 1.807) is 18.5 Å². The molecule has 2 rings (SSSR count). The van der Waals surface area contributed by atoms with Crippen LogP contribution in [-0.4, -0.2) is 21.5 Å². The molecule has 2 aromatic heterocycles. The molecule has 17 heavy (non-hydrogen) atoms. The van der Waals surface area contributed by atoms with Gasteiger partial charge in [-0.05, 0) is 18.6 Å². The Morgan fingerprint density at radius 3 is 3.06 bits per heavy atom. The third-order valence-electron chi connectivity index (χ3n) is 2.05. The van der Waals surface area contributed by atoms with Crippen LogP contribution in [-0.2, 0) is 0 Å². The Morgan fingerprint density at radius 2 is 2.29 bits per heavy atom. The minimum absolute atomic E-state index is 0.506. The molecule has 0 saturated heterocycles. The molecule has 0 unspecified atom stereocenters. The van der Waals surface area contributed by atoms with E-state index in [2.05, 4.69) is 27.2 Å². The Morgan fingerprint density at radius 1 is 1.35 bits per heavy atom. The van der Waals surface area contributed by atoms with Crippen LogP contribution in [0.4, 0.5) is 5.82 Å². The third kappa shape index (κ3) is 3.41. The lowest BCUT2D eigenvalue weighted by Crippen LogP contribution is -2.02. The molecular formula is C12H14N4O. The smallest absolute Gasteiger partial charge is 0.224 e. The Labute approximate surface area is 99.9 Å². The molecule has 0 aliphatic carbocycles. The first-order valence-electron chi connectivity index (χ1n) is 5.52. The third-order valence-corrected chi connectivity index (χ3v) is 2.05. The van der Waals surface area contributed by atoms with E-state index in [9.17, 15) is 0 Å². The summed E-state index contributed by atoms with van der Waals surface area (Å²) in [6, 6.07) is 5.41. The summed E-state index contributed by atoms with van der Waals surface area (Å²) in [5.74, 6) is 1.93. The van der Waals surface area contributed by atoms with Crippen molar-refractivity contribution in [1.29, 1.82) is 0 Å². The van der Waals surface area contributed by atoms with E-state index in [4.69, 9.17) is 4.74 Å². The summed E-state index contributed by atoms with van der Waals surface area (Å²) in [7, 11) is 0. The Kier molecular flexibility index (Phi) is 3.85. The highest BCUT2D eigenvalue weighted by Crippen LogP contribution is 2.18. The molecule has 2 aromatic rings. The first-order chi connectivity index (χ1) is 8.38. The van der Waals surface area contributed by atoms with Crippen molar-refractivity contribution >= 4 is 5.82 Å². The molecule has 88 valence electrons. The minimum atomic E-state index is 0.506. The number of nitrogens with zero attached hydrogens (tertiary/aromatic N) is 3. The van der Waals surface area contributed by atoms with Gasteiger partial charge in [0.25, 0.3) is 0 Å². The Bertz CT molecular complexity index is 461. The normalized spacial score (nSPS) is 9.94. The SMILES string of the molecule is CCCNc1cc(Oc2cccnc2)ncn1. The summed E-state index contributed by atoms with van der Waals surface area (Å²) in [4.78, 5) is 12.1. The van der Waals surface area contributed by atoms with Gasteiger partial charge in [-0.3, -0.25) is 4.98 Å². The van der Waals surface area contributed by atoms with Crippen molar-refractivity contribution in [2.75, 3.05) is 11.9 Å². The van der Waals surface area contributed by atoms with Gasteiger partial charge in [0.2, 0.25) is 5.88 Å². The second kappa shape index (κ2) is 5.79. The van der Waals surface area contributed by atoms with Crippen molar-refractivity contribution in [2.24, 2.45) is 0 Å².